The van der Waals surface area contributed by atoms with Crippen LogP contribution in [0.5, 0.6) is 0 Å². The number of aromatic nitrogens is 2. The largest absolute Gasteiger partial charge is 0.383 e. The van der Waals surface area contributed by atoms with Gasteiger partial charge in [0.2, 0.25) is 11.9 Å². The molecule has 0 spiro atoms. The predicted octanol–water partition coefficient (Wildman–Crippen LogP) is -1.05. The third kappa shape index (κ3) is 1.97. The zero-order valence-corrected chi connectivity index (χ0v) is 8.76. The number of primary amides is 1. The Labute approximate surface area is 92.6 Å². The van der Waals surface area contributed by atoms with E-state index >= 15 is 0 Å². The van der Waals surface area contributed by atoms with Crippen molar-refractivity contribution in [2.75, 3.05) is 29.5 Å². The van der Waals surface area contributed by atoms with E-state index in [1.54, 1.807) is 6.07 Å². The fourth-order valence-electron chi connectivity index (χ4n) is 1.83. The summed E-state index contributed by atoms with van der Waals surface area (Å²) in [5.41, 5.74) is 16.3. The molecular formula is C9H14N6O. The minimum Gasteiger partial charge on any atom is -0.383 e. The molecule has 1 aromatic heterocycles. The van der Waals surface area contributed by atoms with Crippen LogP contribution in [0.15, 0.2) is 6.07 Å². The van der Waals surface area contributed by atoms with Gasteiger partial charge in [0.1, 0.15) is 11.6 Å². The standard InChI is InChI=1S/C9H14N6O/c10-6-3-7(14-9(12)13-6)15-2-1-5(4-15)8(11)16/h3,5H,1-2,4H2,(H2,11,16)(H4,10,12,13,14). The van der Waals surface area contributed by atoms with E-state index in [1.807, 2.05) is 4.90 Å². The van der Waals surface area contributed by atoms with E-state index in [2.05, 4.69) is 9.97 Å². The van der Waals surface area contributed by atoms with Gasteiger partial charge in [-0.2, -0.15) is 9.97 Å². The highest BCUT2D eigenvalue weighted by molar-refractivity contribution is 5.78. The maximum atomic E-state index is 11.0. The third-order valence-corrected chi connectivity index (χ3v) is 2.66. The summed E-state index contributed by atoms with van der Waals surface area (Å²) < 4.78 is 0. The third-order valence-electron chi connectivity index (χ3n) is 2.66. The summed E-state index contributed by atoms with van der Waals surface area (Å²) in [5, 5.41) is 0. The molecule has 1 atom stereocenters. The van der Waals surface area contributed by atoms with Gasteiger partial charge in [0.25, 0.3) is 0 Å². The molecule has 1 aliphatic heterocycles. The van der Waals surface area contributed by atoms with Gasteiger partial charge in [-0.05, 0) is 6.42 Å². The number of carbonyl (C=O) groups excluding carboxylic acids is 1. The molecule has 0 aromatic carbocycles. The molecule has 1 fully saturated rings. The van der Waals surface area contributed by atoms with E-state index in [-0.39, 0.29) is 17.8 Å². The number of hydrogen-bond acceptors (Lipinski definition) is 6. The van der Waals surface area contributed by atoms with Crippen LogP contribution in [-0.4, -0.2) is 29.0 Å². The van der Waals surface area contributed by atoms with Crippen LogP contribution in [0.1, 0.15) is 6.42 Å². The number of anilines is 3. The van der Waals surface area contributed by atoms with Crippen LogP contribution < -0.4 is 22.1 Å². The van der Waals surface area contributed by atoms with Crippen molar-refractivity contribution in [3.8, 4) is 0 Å². The molecular weight excluding hydrogens is 208 g/mol. The smallest absolute Gasteiger partial charge is 0.223 e. The van der Waals surface area contributed by atoms with Crippen LogP contribution in [0.3, 0.4) is 0 Å². The van der Waals surface area contributed by atoms with Gasteiger partial charge < -0.3 is 22.1 Å². The van der Waals surface area contributed by atoms with E-state index < -0.39 is 0 Å². The zero-order chi connectivity index (χ0) is 11.7. The summed E-state index contributed by atoms with van der Waals surface area (Å²) in [4.78, 5) is 20.8. The molecule has 1 aliphatic rings. The molecule has 1 amide bonds. The van der Waals surface area contributed by atoms with E-state index in [0.29, 0.717) is 18.2 Å². The molecule has 1 aromatic rings. The maximum absolute atomic E-state index is 11.0. The van der Waals surface area contributed by atoms with E-state index in [1.165, 1.54) is 0 Å². The van der Waals surface area contributed by atoms with Crippen molar-refractivity contribution in [2.45, 2.75) is 6.42 Å². The minimum absolute atomic E-state index is 0.127. The van der Waals surface area contributed by atoms with E-state index in [4.69, 9.17) is 17.2 Å². The number of hydrogen-bond donors (Lipinski definition) is 3. The molecule has 2 rings (SSSR count). The maximum Gasteiger partial charge on any atom is 0.223 e. The van der Waals surface area contributed by atoms with Crippen molar-refractivity contribution < 1.29 is 4.79 Å². The van der Waals surface area contributed by atoms with Gasteiger partial charge in [-0.15, -0.1) is 0 Å². The summed E-state index contributed by atoms with van der Waals surface area (Å²) in [7, 11) is 0. The van der Waals surface area contributed by atoms with Crippen molar-refractivity contribution in [2.24, 2.45) is 11.7 Å². The van der Waals surface area contributed by atoms with Gasteiger partial charge in [-0.25, -0.2) is 0 Å². The monoisotopic (exact) mass is 222 g/mol. The first-order valence-corrected chi connectivity index (χ1v) is 5.00. The lowest BCUT2D eigenvalue weighted by Crippen LogP contribution is -2.27. The molecule has 1 saturated heterocycles. The number of nitrogens with two attached hydrogens (primary N) is 3. The minimum atomic E-state index is -0.280. The summed E-state index contributed by atoms with van der Waals surface area (Å²) in [5.74, 6) is 0.700. The molecule has 0 aliphatic carbocycles. The fraction of sp³-hybridized carbons (Fsp3) is 0.444. The SMILES string of the molecule is NC(=O)C1CCN(c2cc(N)nc(N)n2)C1. The van der Waals surface area contributed by atoms with Gasteiger partial charge in [-0.3, -0.25) is 4.79 Å². The zero-order valence-electron chi connectivity index (χ0n) is 8.76. The highest BCUT2D eigenvalue weighted by Crippen LogP contribution is 2.23. The molecule has 16 heavy (non-hydrogen) atoms. The Balaban J connectivity index is 2.17. The quantitative estimate of drug-likeness (QED) is 0.586. The van der Waals surface area contributed by atoms with Crippen LogP contribution in [-0.2, 0) is 4.79 Å². The highest BCUT2D eigenvalue weighted by atomic mass is 16.1. The highest BCUT2D eigenvalue weighted by Gasteiger charge is 2.27. The van der Waals surface area contributed by atoms with E-state index in [9.17, 15) is 4.79 Å². The van der Waals surface area contributed by atoms with E-state index in [0.717, 1.165) is 13.0 Å². The van der Waals surface area contributed by atoms with Crippen molar-refractivity contribution in [3.63, 3.8) is 0 Å². The lowest BCUT2D eigenvalue weighted by Gasteiger charge is -2.17. The summed E-state index contributed by atoms with van der Waals surface area (Å²) in [6, 6.07) is 1.64. The Morgan fingerprint density at radius 2 is 2.19 bits per heavy atom. The molecule has 1 unspecified atom stereocenters. The topological polar surface area (TPSA) is 124 Å². The number of nitrogen functional groups attached to an aromatic ring is 2. The van der Waals surface area contributed by atoms with Gasteiger partial charge in [0.05, 0.1) is 5.92 Å². The molecule has 7 nitrogen and oxygen atoms in total. The van der Waals surface area contributed by atoms with Crippen LogP contribution in [0, 0.1) is 5.92 Å². The van der Waals surface area contributed by atoms with Gasteiger partial charge in [-0.1, -0.05) is 0 Å². The number of amides is 1. The first-order chi connectivity index (χ1) is 7.56. The normalized spacial score (nSPS) is 20.0. The van der Waals surface area contributed by atoms with Crippen LogP contribution in [0.4, 0.5) is 17.6 Å². The van der Waals surface area contributed by atoms with Crippen molar-refractivity contribution in [1.29, 1.82) is 0 Å². The van der Waals surface area contributed by atoms with Crippen molar-refractivity contribution in [1.82, 2.24) is 9.97 Å². The molecule has 6 N–H and O–H groups in total. The Bertz CT molecular complexity index is 400. The Kier molecular flexibility index (Phi) is 2.51. The summed E-state index contributed by atoms with van der Waals surface area (Å²) in [6.45, 7) is 1.29. The second-order valence-electron chi connectivity index (χ2n) is 3.84. The average Bonchev–Trinajstić information content (AvgIpc) is 2.64. The molecule has 2 heterocycles. The lowest BCUT2D eigenvalue weighted by molar-refractivity contribution is -0.121. The molecule has 86 valence electrons. The first-order valence-electron chi connectivity index (χ1n) is 5.00. The van der Waals surface area contributed by atoms with Crippen molar-refractivity contribution >= 4 is 23.5 Å². The second-order valence-corrected chi connectivity index (χ2v) is 3.84. The molecule has 0 bridgehead atoms. The lowest BCUT2D eigenvalue weighted by atomic mass is 10.1. The first kappa shape index (κ1) is 10.5. The van der Waals surface area contributed by atoms with Crippen LogP contribution in [0.2, 0.25) is 0 Å². The number of carbonyl (C=O) groups is 1. The molecule has 0 saturated carbocycles. The predicted molar refractivity (Wildman–Crippen MR) is 60.4 cm³/mol. The molecule has 7 heteroatoms. The van der Waals surface area contributed by atoms with Gasteiger partial charge in [0, 0.05) is 19.2 Å². The van der Waals surface area contributed by atoms with Crippen LogP contribution >= 0.6 is 0 Å². The Hall–Kier alpha value is -2.05. The Morgan fingerprint density at radius 3 is 2.75 bits per heavy atom. The number of nitrogens with zero attached hydrogens (tertiary/aromatic N) is 3. The molecule has 0 radical (unpaired) electrons. The van der Waals surface area contributed by atoms with Gasteiger partial charge >= 0.3 is 0 Å². The number of rotatable bonds is 2. The summed E-state index contributed by atoms with van der Waals surface area (Å²) >= 11 is 0. The Morgan fingerprint density at radius 1 is 1.44 bits per heavy atom. The fourth-order valence-corrected chi connectivity index (χ4v) is 1.83. The van der Waals surface area contributed by atoms with Crippen LogP contribution in [0.25, 0.3) is 0 Å². The summed E-state index contributed by atoms with van der Waals surface area (Å²) in [6.07, 6.45) is 0.735. The van der Waals surface area contributed by atoms with Gasteiger partial charge in [0.15, 0.2) is 0 Å². The van der Waals surface area contributed by atoms with Crippen molar-refractivity contribution in [3.05, 3.63) is 6.07 Å². The second kappa shape index (κ2) is 3.84. The average molecular weight is 222 g/mol.